The molecule has 0 heterocycles. The summed E-state index contributed by atoms with van der Waals surface area (Å²) in [4.78, 5) is 10.5. The zero-order chi connectivity index (χ0) is 17.1. The molecule has 1 atom stereocenters. The van der Waals surface area contributed by atoms with Crippen LogP contribution >= 0.6 is 0 Å². The maximum atomic E-state index is 10.5. The predicted octanol–water partition coefficient (Wildman–Crippen LogP) is 4.48. The molecular formula is C18H38O4. The molecule has 134 valence electrons. The first kappa shape index (κ1) is 23.7. The Morgan fingerprint density at radius 1 is 0.909 bits per heavy atom. The van der Waals surface area contributed by atoms with Crippen LogP contribution in [0.1, 0.15) is 85.5 Å². The SMILES string of the molecule is CCCCCCCCCCC(O)COC(C)=O.CCOCC. The van der Waals surface area contributed by atoms with Crippen LogP contribution < -0.4 is 0 Å². The first-order chi connectivity index (χ1) is 10.6. The fraction of sp³-hybridized carbons (Fsp3) is 0.944. The molecule has 0 saturated carbocycles. The van der Waals surface area contributed by atoms with E-state index in [9.17, 15) is 9.90 Å². The highest BCUT2D eigenvalue weighted by molar-refractivity contribution is 5.65. The predicted molar refractivity (Wildman–Crippen MR) is 92.0 cm³/mol. The van der Waals surface area contributed by atoms with Crippen molar-refractivity contribution in [2.75, 3.05) is 19.8 Å². The summed E-state index contributed by atoms with van der Waals surface area (Å²) in [7, 11) is 0. The first-order valence-corrected chi connectivity index (χ1v) is 8.97. The highest BCUT2D eigenvalue weighted by Crippen LogP contribution is 2.10. The Labute approximate surface area is 137 Å². The standard InChI is InChI=1S/C14H28O3.C4H10O/c1-3-4-5-6-7-8-9-10-11-14(16)12-17-13(2)15;1-3-5-4-2/h14,16H,3-12H2,1-2H3;3-4H2,1-2H3. The molecule has 0 aliphatic heterocycles. The van der Waals surface area contributed by atoms with E-state index in [1.165, 1.54) is 51.9 Å². The quantitative estimate of drug-likeness (QED) is 0.402. The molecule has 0 fully saturated rings. The summed E-state index contributed by atoms with van der Waals surface area (Å²) in [5, 5.41) is 9.49. The van der Waals surface area contributed by atoms with Gasteiger partial charge in [-0.25, -0.2) is 0 Å². The van der Waals surface area contributed by atoms with Crippen LogP contribution in [0.5, 0.6) is 0 Å². The van der Waals surface area contributed by atoms with Crippen molar-refractivity contribution in [2.24, 2.45) is 0 Å². The van der Waals surface area contributed by atoms with Crippen molar-refractivity contribution >= 4 is 5.97 Å². The van der Waals surface area contributed by atoms with E-state index < -0.39 is 6.10 Å². The van der Waals surface area contributed by atoms with Crippen LogP contribution in [0.25, 0.3) is 0 Å². The maximum Gasteiger partial charge on any atom is 0.302 e. The molecule has 0 bridgehead atoms. The highest BCUT2D eigenvalue weighted by atomic mass is 16.5. The van der Waals surface area contributed by atoms with E-state index in [1.54, 1.807) is 0 Å². The molecule has 0 aliphatic carbocycles. The van der Waals surface area contributed by atoms with Gasteiger partial charge in [-0.05, 0) is 20.3 Å². The summed E-state index contributed by atoms with van der Waals surface area (Å²) < 4.78 is 9.57. The summed E-state index contributed by atoms with van der Waals surface area (Å²) in [6.07, 6.45) is 10.3. The van der Waals surface area contributed by atoms with Crippen LogP contribution in [-0.4, -0.2) is 37.0 Å². The minimum Gasteiger partial charge on any atom is -0.463 e. The monoisotopic (exact) mass is 318 g/mol. The summed E-state index contributed by atoms with van der Waals surface area (Å²) in [5.41, 5.74) is 0. The van der Waals surface area contributed by atoms with E-state index in [0.29, 0.717) is 0 Å². The van der Waals surface area contributed by atoms with Gasteiger partial charge in [0, 0.05) is 20.1 Å². The van der Waals surface area contributed by atoms with Gasteiger partial charge in [-0.3, -0.25) is 4.79 Å². The van der Waals surface area contributed by atoms with Gasteiger partial charge < -0.3 is 14.6 Å². The van der Waals surface area contributed by atoms with Gasteiger partial charge in [-0.1, -0.05) is 58.3 Å². The Bertz CT molecular complexity index is 217. The van der Waals surface area contributed by atoms with Crippen LogP contribution in [0.4, 0.5) is 0 Å². The zero-order valence-electron chi connectivity index (χ0n) is 15.2. The topological polar surface area (TPSA) is 55.8 Å². The third kappa shape index (κ3) is 24.4. The largest absolute Gasteiger partial charge is 0.463 e. The molecule has 0 spiro atoms. The summed E-state index contributed by atoms with van der Waals surface area (Å²) in [5.74, 6) is -0.319. The molecule has 1 unspecified atom stereocenters. The second-order valence-corrected chi connectivity index (χ2v) is 5.50. The molecule has 0 radical (unpaired) electrons. The number of aliphatic hydroxyl groups is 1. The van der Waals surface area contributed by atoms with Gasteiger partial charge >= 0.3 is 5.97 Å². The van der Waals surface area contributed by atoms with Gasteiger partial charge in [0.05, 0.1) is 6.10 Å². The Morgan fingerprint density at radius 3 is 1.82 bits per heavy atom. The normalized spacial score (nSPS) is 11.5. The Balaban J connectivity index is 0. The molecule has 0 saturated heterocycles. The van der Waals surface area contributed by atoms with Crippen LogP contribution in [0.2, 0.25) is 0 Å². The van der Waals surface area contributed by atoms with Crippen molar-refractivity contribution in [3.05, 3.63) is 0 Å². The van der Waals surface area contributed by atoms with Crippen LogP contribution in [0, 0.1) is 0 Å². The Kier molecular flexibility index (Phi) is 21.9. The second kappa shape index (κ2) is 20.4. The smallest absolute Gasteiger partial charge is 0.302 e. The minimum absolute atomic E-state index is 0.145. The fourth-order valence-corrected chi connectivity index (χ4v) is 2.01. The van der Waals surface area contributed by atoms with Gasteiger partial charge in [-0.2, -0.15) is 0 Å². The van der Waals surface area contributed by atoms with Gasteiger partial charge in [-0.15, -0.1) is 0 Å². The number of carbonyl (C=O) groups is 1. The van der Waals surface area contributed by atoms with Gasteiger partial charge in [0.1, 0.15) is 6.61 Å². The number of esters is 1. The third-order valence-electron chi connectivity index (χ3n) is 3.28. The molecule has 0 aromatic carbocycles. The van der Waals surface area contributed by atoms with Crippen LogP contribution in [0.3, 0.4) is 0 Å². The van der Waals surface area contributed by atoms with Crippen molar-refractivity contribution in [2.45, 2.75) is 91.6 Å². The van der Waals surface area contributed by atoms with E-state index in [1.807, 2.05) is 13.8 Å². The lowest BCUT2D eigenvalue weighted by molar-refractivity contribution is -0.144. The molecule has 1 N–H and O–H groups in total. The molecule has 22 heavy (non-hydrogen) atoms. The third-order valence-corrected chi connectivity index (χ3v) is 3.28. The lowest BCUT2D eigenvalue weighted by atomic mass is 10.1. The van der Waals surface area contributed by atoms with Gasteiger partial charge in [0.15, 0.2) is 0 Å². The van der Waals surface area contributed by atoms with E-state index in [0.717, 1.165) is 26.1 Å². The second-order valence-electron chi connectivity index (χ2n) is 5.50. The van der Waals surface area contributed by atoms with Crippen molar-refractivity contribution < 1.29 is 19.4 Å². The van der Waals surface area contributed by atoms with Gasteiger partial charge in [0.2, 0.25) is 0 Å². The van der Waals surface area contributed by atoms with E-state index >= 15 is 0 Å². The number of unbranched alkanes of at least 4 members (excludes halogenated alkanes) is 7. The zero-order valence-corrected chi connectivity index (χ0v) is 15.2. The average Bonchev–Trinajstić information content (AvgIpc) is 2.49. The molecule has 0 aromatic heterocycles. The first-order valence-electron chi connectivity index (χ1n) is 8.97. The van der Waals surface area contributed by atoms with E-state index in [4.69, 9.17) is 9.47 Å². The molecule has 4 nitrogen and oxygen atoms in total. The number of hydrogen-bond acceptors (Lipinski definition) is 4. The Hall–Kier alpha value is -0.610. The van der Waals surface area contributed by atoms with Crippen molar-refractivity contribution in [1.82, 2.24) is 0 Å². The summed E-state index contributed by atoms with van der Waals surface area (Å²) >= 11 is 0. The average molecular weight is 318 g/mol. The molecule has 4 heteroatoms. The molecule has 0 amide bonds. The van der Waals surface area contributed by atoms with Crippen molar-refractivity contribution in [3.8, 4) is 0 Å². The van der Waals surface area contributed by atoms with E-state index in [2.05, 4.69) is 6.92 Å². The fourth-order valence-electron chi connectivity index (χ4n) is 2.01. The van der Waals surface area contributed by atoms with E-state index in [-0.39, 0.29) is 12.6 Å². The number of rotatable bonds is 13. The van der Waals surface area contributed by atoms with Crippen molar-refractivity contribution in [3.63, 3.8) is 0 Å². The molecule has 0 aromatic rings. The van der Waals surface area contributed by atoms with Crippen molar-refractivity contribution in [1.29, 1.82) is 0 Å². The number of aliphatic hydroxyl groups excluding tert-OH is 1. The van der Waals surface area contributed by atoms with Crippen LogP contribution in [0.15, 0.2) is 0 Å². The van der Waals surface area contributed by atoms with Crippen LogP contribution in [-0.2, 0) is 14.3 Å². The number of ether oxygens (including phenoxy) is 2. The maximum absolute atomic E-state index is 10.5. The minimum atomic E-state index is -0.487. The lowest BCUT2D eigenvalue weighted by Gasteiger charge is -2.09. The highest BCUT2D eigenvalue weighted by Gasteiger charge is 2.05. The van der Waals surface area contributed by atoms with Gasteiger partial charge in [0.25, 0.3) is 0 Å². The molecule has 0 aliphatic rings. The lowest BCUT2D eigenvalue weighted by Crippen LogP contribution is -2.17. The number of hydrogen-bond donors (Lipinski definition) is 1. The molecule has 0 rings (SSSR count). The number of carbonyl (C=O) groups excluding carboxylic acids is 1. The molecular weight excluding hydrogens is 280 g/mol. The summed E-state index contributed by atoms with van der Waals surface area (Å²) in [6, 6.07) is 0. The summed E-state index contributed by atoms with van der Waals surface area (Å²) in [6.45, 7) is 9.40. The Morgan fingerprint density at radius 2 is 1.41 bits per heavy atom.